The second-order valence-electron chi connectivity index (χ2n) is 5.95. The zero-order valence-electron chi connectivity index (χ0n) is 13.6. The van der Waals surface area contributed by atoms with Crippen molar-refractivity contribution in [1.82, 2.24) is 9.97 Å². The molecule has 0 aliphatic rings. The van der Waals surface area contributed by atoms with Crippen LogP contribution < -0.4 is 0 Å². The number of aromatic nitrogens is 2. The van der Waals surface area contributed by atoms with Gasteiger partial charge in [-0.25, -0.2) is 9.97 Å². The van der Waals surface area contributed by atoms with Crippen LogP contribution in [0.4, 0.5) is 0 Å². The summed E-state index contributed by atoms with van der Waals surface area (Å²) < 4.78 is 5.48. The molecular weight excluding hydrogens is 324 g/mol. The molecule has 1 unspecified atom stereocenters. The highest BCUT2D eigenvalue weighted by atomic mass is 32.1. The Morgan fingerprint density at radius 2 is 2.00 bits per heavy atom. The lowest BCUT2D eigenvalue weighted by atomic mass is 10.00. The highest BCUT2D eigenvalue weighted by Gasteiger charge is 2.38. The van der Waals surface area contributed by atoms with Gasteiger partial charge in [0.15, 0.2) is 5.58 Å². The maximum Gasteiger partial charge on any atom is 0.218 e. The highest BCUT2D eigenvalue weighted by molar-refractivity contribution is 7.81. The van der Waals surface area contributed by atoms with E-state index in [4.69, 9.17) is 22.0 Å². The number of thiazole rings is 1. The molecule has 5 heteroatoms. The van der Waals surface area contributed by atoms with Gasteiger partial charge in [0, 0.05) is 11.1 Å². The number of aryl methyl sites for hydroxylation is 1. The summed E-state index contributed by atoms with van der Waals surface area (Å²) in [6.45, 7) is 4.23. The minimum Gasteiger partial charge on any atom is -0.439 e. The normalized spacial score (nSPS) is 14.2. The van der Waals surface area contributed by atoms with Gasteiger partial charge in [0.25, 0.3) is 0 Å². The average molecular weight is 347 g/mol. The monoisotopic (exact) mass is 346 g/mol. The summed E-state index contributed by atoms with van der Waals surface area (Å²) in [6.07, 6.45) is 5.64. The topological polar surface area (TPSA) is 38.9 Å². The van der Waals surface area contributed by atoms with Crippen LogP contribution >= 0.6 is 24.0 Å². The van der Waals surface area contributed by atoms with Crippen LogP contribution in [-0.4, -0.2) is 9.97 Å². The van der Waals surface area contributed by atoms with Crippen molar-refractivity contribution in [2.24, 2.45) is 0 Å². The highest BCUT2D eigenvalue weighted by Crippen LogP contribution is 2.42. The second kappa shape index (κ2) is 7.05. The number of hydrogen-bond donors (Lipinski definition) is 1. The molecule has 122 valence electrons. The van der Waals surface area contributed by atoms with E-state index < -0.39 is 4.75 Å². The molecule has 3 rings (SSSR count). The Balaban J connectivity index is 1.96. The van der Waals surface area contributed by atoms with Crippen LogP contribution in [0, 0.1) is 6.92 Å². The Hall–Kier alpha value is -1.33. The van der Waals surface area contributed by atoms with Gasteiger partial charge in [0.05, 0.1) is 0 Å². The molecule has 0 bridgehead atoms. The number of thiol groups is 1. The van der Waals surface area contributed by atoms with Gasteiger partial charge in [-0.3, -0.25) is 0 Å². The summed E-state index contributed by atoms with van der Waals surface area (Å²) in [5.41, 5.74) is 2.71. The van der Waals surface area contributed by atoms with Crippen molar-refractivity contribution < 1.29 is 4.42 Å². The van der Waals surface area contributed by atoms with Crippen LogP contribution in [0.15, 0.2) is 34.1 Å². The molecule has 2 heterocycles. The number of oxazole rings is 1. The van der Waals surface area contributed by atoms with E-state index in [0.29, 0.717) is 5.89 Å². The van der Waals surface area contributed by atoms with Crippen molar-refractivity contribution in [2.45, 2.75) is 50.7 Å². The Morgan fingerprint density at radius 1 is 1.17 bits per heavy atom. The van der Waals surface area contributed by atoms with Crippen molar-refractivity contribution in [1.29, 1.82) is 0 Å². The first-order valence-corrected chi connectivity index (χ1v) is 9.47. The minimum atomic E-state index is -0.550. The average Bonchev–Trinajstić information content (AvgIpc) is 3.18. The molecule has 23 heavy (non-hydrogen) atoms. The number of fused-ring (bicyclic) bond motifs is 1. The molecule has 0 saturated heterocycles. The van der Waals surface area contributed by atoms with Crippen molar-refractivity contribution >= 4 is 35.1 Å². The quantitative estimate of drug-likeness (QED) is 0.438. The molecule has 3 nitrogen and oxygen atoms in total. The zero-order chi connectivity index (χ0) is 16.3. The number of para-hydroxylation sites is 2. The Bertz CT molecular complexity index is 747. The van der Waals surface area contributed by atoms with E-state index in [1.165, 1.54) is 19.3 Å². The molecule has 0 amide bonds. The van der Waals surface area contributed by atoms with Gasteiger partial charge >= 0.3 is 0 Å². The van der Waals surface area contributed by atoms with E-state index in [0.717, 1.165) is 34.6 Å². The van der Waals surface area contributed by atoms with Gasteiger partial charge in [-0.15, -0.1) is 11.3 Å². The molecule has 2 aromatic heterocycles. The molecule has 0 saturated carbocycles. The fourth-order valence-electron chi connectivity index (χ4n) is 2.71. The van der Waals surface area contributed by atoms with Gasteiger partial charge in [-0.2, -0.15) is 12.6 Å². The molecule has 1 atom stereocenters. The van der Waals surface area contributed by atoms with Crippen LogP contribution in [-0.2, 0) is 4.75 Å². The van der Waals surface area contributed by atoms with E-state index in [9.17, 15) is 0 Å². The van der Waals surface area contributed by atoms with Crippen molar-refractivity contribution in [3.63, 3.8) is 0 Å². The largest absolute Gasteiger partial charge is 0.439 e. The van der Waals surface area contributed by atoms with Crippen molar-refractivity contribution in [2.75, 3.05) is 0 Å². The first kappa shape index (κ1) is 16.5. The third-order valence-corrected chi connectivity index (χ3v) is 5.91. The van der Waals surface area contributed by atoms with Crippen LogP contribution in [0.1, 0.15) is 55.6 Å². The summed E-state index contributed by atoms with van der Waals surface area (Å²) in [6, 6.07) is 7.86. The van der Waals surface area contributed by atoms with E-state index >= 15 is 0 Å². The molecule has 0 radical (unpaired) electrons. The first-order chi connectivity index (χ1) is 11.1. The number of nitrogens with zero attached hydrogens (tertiary/aromatic N) is 2. The summed E-state index contributed by atoms with van der Waals surface area (Å²) >= 11 is 6.65. The first-order valence-electron chi connectivity index (χ1n) is 8.14. The predicted octanol–water partition coefficient (Wildman–Crippen LogP) is 5.74. The lowest BCUT2D eigenvalue weighted by Crippen LogP contribution is -2.21. The number of rotatable bonds is 7. The number of hydrogen-bond acceptors (Lipinski definition) is 5. The summed E-state index contributed by atoms with van der Waals surface area (Å²) in [5.74, 6) is 0.660. The number of unbranched alkanes of at least 4 members (excludes halogenated alkanes) is 3. The lowest BCUT2D eigenvalue weighted by molar-refractivity contribution is 0.446. The molecular formula is C18H22N2OS2. The smallest absolute Gasteiger partial charge is 0.218 e. The number of benzene rings is 1. The van der Waals surface area contributed by atoms with Gasteiger partial charge in [0.1, 0.15) is 15.3 Å². The molecule has 0 N–H and O–H groups in total. The van der Waals surface area contributed by atoms with E-state index in [1.807, 2.05) is 31.2 Å². The third kappa shape index (κ3) is 3.45. The van der Waals surface area contributed by atoms with Crippen LogP contribution in [0.25, 0.3) is 11.1 Å². The summed E-state index contributed by atoms with van der Waals surface area (Å²) in [4.78, 5) is 9.36. The molecule has 0 spiro atoms. The maximum absolute atomic E-state index is 6.03. The molecule has 3 aromatic rings. The lowest BCUT2D eigenvalue weighted by Gasteiger charge is -2.22. The van der Waals surface area contributed by atoms with Crippen molar-refractivity contribution in [3.05, 3.63) is 46.2 Å². The third-order valence-electron chi connectivity index (χ3n) is 4.01. The zero-order valence-corrected chi connectivity index (χ0v) is 15.3. The Labute approximate surface area is 146 Å². The van der Waals surface area contributed by atoms with Gasteiger partial charge in [-0.05, 0) is 25.5 Å². The molecule has 1 aromatic carbocycles. The van der Waals surface area contributed by atoms with E-state index in [-0.39, 0.29) is 0 Å². The fraction of sp³-hybridized carbons (Fsp3) is 0.444. The second-order valence-corrected chi connectivity index (χ2v) is 7.57. The summed E-state index contributed by atoms with van der Waals surface area (Å²) in [5, 5.41) is 3.04. The Morgan fingerprint density at radius 3 is 2.70 bits per heavy atom. The standard InChI is InChI=1S/C18H22N2OS2/c1-3-4-5-8-11-18(22,17-19-13(2)12-23-17)16-20-14-9-6-7-10-15(14)21-16/h6-7,9-10,12,22H,3-5,8,11H2,1-2H3. The van der Waals surface area contributed by atoms with Gasteiger partial charge in [0.2, 0.25) is 5.89 Å². The predicted molar refractivity (Wildman–Crippen MR) is 99.4 cm³/mol. The van der Waals surface area contributed by atoms with Crippen molar-refractivity contribution in [3.8, 4) is 0 Å². The SMILES string of the molecule is CCCCCCC(S)(c1nc2ccccc2o1)c1nc(C)cs1. The van der Waals surface area contributed by atoms with E-state index in [2.05, 4.69) is 17.3 Å². The molecule has 0 aliphatic heterocycles. The van der Waals surface area contributed by atoms with Crippen LogP contribution in [0.3, 0.4) is 0 Å². The molecule has 0 aliphatic carbocycles. The van der Waals surface area contributed by atoms with E-state index in [1.54, 1.807) is 11.3 Å². The minimum absolute atomic E-state index is 0.550. The Kier molecular flexibility index (Phi) is 5.07. The fourth-order valence-corrected chi connectivity index (χ4v) is 4.08. The van der Waals surface area contributed by atoms with Gasteiger partial charge < -0.3 is 4.42 Å². The summed E-state index contributed by atoms with van der Waals surface area (Å²) in [7, 11) is 0. The van der Waals surface area contributed by atoms with Crippen LogP contribution in [0.2, 0.25) is 0 Å². The van der Waals surface area contributed by atoms with Gasteiger partial charge in [-0.1, -0.05) is 44.7 Å². The molecule has 0 fully saturated rings. The van der Waals surface area contributed by atoms with Crippen LogP contribution in [0.5, 0.6) is 0 Å². The maximum atomic E-state index is 6.03.